The Bertz CT molecular complexity index is 2580. The highest BCUT2D eigenvalue weighted by atomic mass is 15.1. The SMILES string of the molecule is c1ccc(-c2ccc(N(c3ccccc3)c3ccc(-c4ccc5c(c4)C46c7ccccc7-c7cccc(c74)-c4cccc-5c46)cc3)cc2)cc1. The Morgan fingerprint density at radius 3 is 1.32 bits per heavy atom. The second-order valence-corrected chi connectivity index (χ2v) is 13.6. The molecule has 0 saturated heterocycles. The zero-order valence-electron chi connectivity index (χ0n) is 27.3. The van der Waals surface area contributed by atoms with Gasteiger partial charge in [-0.25, -0.2) is 0 Å². The molecule has 0 amide bonds. The topological polar surface area (TPSA) is 3.24 Å². The van der Waals surface area contributed by atoms with Crippen molar-refractivity contribution in [1.82, 2.24) is 0 Å². The van der Waals surface area contributed by atoms with E-state index in [0.29, 0.717) is 0 Å². The summed E-state index contributed by atoms with van der Waals surface area (Å²) in [6.07, 6.45) is 0. The van der Waals surface area contributed by atoms with Crippen LogP contribution in [-0.4, -0.2) is 0 Å². The molecule has 0 radical (unpaired) electrons. The lowest BCUT2D eigenvalue weighted by Crippen LogP contribution is -2.23. The van der Waals surface area contributed by atoms with Gasteiger partial charge in [-0.15, -0.1) is 0 Å². The molecule has 0 bridgehead atoms. The molecule has 0 N–H and O–H groups in total. The molecule has 3 aliphatic rings. The molecule has 1 unspecified atom stereocenters. The zero-order valence-corrected chi connectivity index (χ0v) is 27.3. The number of hydrogen-bond donors (Lipinski definition) is 0. The van der Waals surface area contributed by atoms with Crippen molar-refractivity contribution in [1.29, 1.82) is 0 Å². The van der Waals surface area contributed by atoms with Crippen molar-refractivity contribution in [2.75, 3.05) is 4.90 Å². The second kappa shape index (κ2) is 10.3. The van der Waals surface area contributed by atoms with Crippen molar-refractivity contribution in [3.63, 3.8) is 0 Å². The fourth-order valence-corrected chi connectivity index (χ4v) is 9.19. The van der Waals surface area contributed by atoms with Gasteiger partial charge in [0.1, 0.15) is 0 Å². The Labute approximate surface area is 292 Å². The largest absolute Gasteiger partial charge is 0.311 e. The molecule has 0 saturated carbocycles. The van der Waals surface area contributed by atoms with E-state index in [1.54, 1.807) is 0 Å². The van der Waals surface area contributed by atoms with Gasteiger partial charge in [-0.2, -0.15) is 0 Å². The molecule has 0 heterocycles. The van der Waals surface area contributed by atoms with Crippen LogP contribution in [0.25, 0.3) is 55.6 Å². The number of benzene rings is 8. The highest BCUT2D eigenvalue weighted by Crippen LogP contribution is 2.70. The first kappa shape index (κ1) is 27.5. The van der Waals surface area contributed by atoms with Gasteiger partial charge in [-0.3, -0.25) is 0 Å². The van der Waals surface area contributed by atoms with Crippen LogP contribution in [0.5, 0.6) is 0 Å². The Kier molecular flexibility index (Phi) is 5.66. The van der Waals surface area contributed by atoms with Crippen molar-refractivity contribution in [3.05, 3.63) is 210 Å². The molecule has 232 valence electrons. The Balaban J connectivity index is 1.03. The normalized spacial score (nSPS) is 15.3. The summed E-state index contributed by atoms with van der Waals surface area (Å²) in [5, 5.41) is 0. The van der Waals surface area contributed by atoms with E-state index in [9.17, 15) is 0 Å². The predicted molar refractivity (Wildman–Crippen MR) is 207 cm³/mol. The maximum absolute atomic E-state index is 2.49. The van der Waals surface area contributed by atoms with Crippen molar-refractivity contribution in [2.24, 2.45) is 0 Å². The van der Waals surface area contributed by atoms with Gasteiger partial charge in [-0.1, -0.05) is 146 Å². The smallest absolute Gasteiger partial charge is 0.0737 e. The minimum Gasteiger partial charge on any atom is -0.311 e. The average molecular weight is 634 g/mol. The third kappa shape index (κ3) is 3.61. The molecule has 8 aromatic carbocycles. The number of anilines is 3. The van der Waals surface area contributed by atoms with Crippen LogP contribution in [0.1, 0.15) is 22.3 Å². The molecule has 1 spiro atoms. The molecule has 0 aromatic heterocycles. The molecular weight excluding hydrogens is 603 g/mol. The molecule has 1 atom stereocenters. The number of nitrogens with zero attached hydrogens (tertiary/aromatic N) is 1. The van der Waals surface area contributed by atoms with Crippen LogP contribution in [-0.2, 0) is 5.41 Å². The van der Waals surface area contributed by atoms with Gasteiger partial charge in [-0.05, 0) is 120 Å². The maximum Gasteiger partial charge on any atom is 0.0737 e. The summed E-state index contributed by atoms with van der Waals surface area (Å²) < 4.78 is 0. The predicted octanol–water partition coefficient (Wildman–Crippen LogP) is 12.8. The van der Waals surface area contributed by atoms with Gasteiger partial charge in [0.15, 0.2) is 0 Å². The van der Waals surface area contributed by atoms with Gasteiger partial charge in [0.2, 0.25) is 0 Å². The summed E-state index contributed by atoms with van der Waals surface area (Å²) in [6.45, 7) is 0. The van der Waals surface area contributed by atoms with Gasteiger partial charge in [0.05, 0.1) is 5.41 Å². The minimum absolute atomic E-state index is 0.268. The lowest BCUT2D eigenvalue weighted by atomic mass is 9.73. The fraction of sp³-hybridized carbons (Fsp3) is 0.0204. The average Bonchev–Trinajstić information content (AvgIpc) is 3.79. The van der Waals surface area contributed by atoms with Gasteiger partial charge in [0.25, 0.3) is 0 Å². The first-order chi connectivity index (χ1) is 24.8. The lowest BCUT2D eigenvalue weighted by Gasteiger charge is -2.28. The monoisotopic (exact) mass is 633 g/mol. The lowest BCUT2D eigenvalue weighted by molar-refractivity contribution is 0.818. The van der Waals surface area contributed by atoms with Crippen molar-refractivity contribution >= 4 is 17.1 Å². The number of hydrogen-bond acceptors (Lipinski definition) is 1. The van der Waals surface area contributed by atoms with Crippen LogP contribution >= 0.6 is 0 Å². The molecular formula is C49H31N. The van der Waals surface area contributed by atoms with Crippen LogP contribution in [0, 0.1) is 0 Å². The first-order valence-corrected chi connectivity index (χ1v) is 17.4. The van der Waals surface area contributed by atoms with E-state index >= 15 is 0 Å². The third-order valence-electron chi connectivity index (χ3n) is 11.2. The number of para-hydroxylation sites is 1. The van der Waals surface area contributed by atoms with Crippen molar-refractivity contribution < 1.29 is 0 Å². The van der Waals surface area contributed by atoms with E-state index in [1.165, 1.54) is 77.9 Å². The summed E-state index contributed by atoms with van der Waals surface area (Å²) in [4.78, 5) is 2.34. The summed E-state index contributed by atoms with van der Waals surface area (Å²) >= 11 is 0. The highest BCUT2D eigenvalue weighted by Gasteiger charge is 2.57. The van der Waals surface area contributed by atoms with E-state index in [2.05, 4.69) is 193 Å². The summed E-state index contributed by atoms with van der Waals surface area (Å²) in [5.41, 5.74) is 22.0. The summed E-state index contributed by atoms with van der Waals surface area (Å²) in [7, 11) is 0. The van der Waals surface area contributed by atoms with Gasteiger partial charge >= 0.3 is 0 Å². The Hall–Kier alpha value is -6.44. The number of rotatable bonds is 5. The van der Waals surface area contributed by atoms with Crippen LogP contribution in [0.15, 0.2) is 188 Å². The molecule has 1 heteroatoms. The Morgan fingerprint density at radius 1 is 0.280 bits per heavy atom. The Morgan fingerprint density at radius 2 is 0.700 bits per heavy atom. The summed E-state index contributed by atoms with van der Waals surface area (Å²) in [5.74, 6) is 0. The standard InChI is InChI=1S/C49H31N/c1-3-11-32(12-4-1)33-21-26-37(27-22-33)50(36-13-5-2-6-14-36)38-28-23-34(24-29-38)35-25-30-40-42-17-10-19-44-43-18-9-16-41-39-15-7-8-20-45(39)49(47(41)43,48(42)44)46(40)31-35/h1-31H. The van der Waals surface area contributed by atoms with E-state index in [0.717, 1.165) is 17.1 Å². The maximum atomic E-state index is 2.49. The number of fused-ring (bicyclic) bond motifs is 5. The highest BCUT2D eigenvalue weighted by molar-refractivity contribution is 6.06. The summed E-state index contributed by atoms with van der Waals surface area (Å²) in [6, 6.07) is 69.2. The van der Waals surface area contributed by atoms with E-state index in [-0.39, 0.29) is 5.41 Å². The van der Waals surface area contributed by atoms with E-state index in [1.807, 2.05) is 0 Å². The molecule has 0 aliphatic heterocycles. The first-order valence-electron chi connectivity index (χ1n) is 17.4. The van der Waals surface area contributed by atoms with Gasteiger partial charge in [0, 0.05) is 17.1 Å². The van der Waals surface area contributed by atoms with Crippen LogP contribution in [0.3, 0.4) is 0 Å². The third-order valence-corrected chi connectivity index (χ3v) is 11.2. The van der Waals surface area contributed by atoms with Crippen molar-refractivity contribution in [2.45, 2.75) is 5.41 Å². The van der Waals surface area contributed by atoms with Crippen molar-refractivity contribution in [3.8, 4) is 55.6 Å². The van der Waals surface area contributed by atoms with Crippen LogP contribution in [0.4, 0.5) is 17.1 Å². The fourth-order valence-electron chi connectivity index (χ4n) is 9.19. The molecule has 0 fully saturated rings. The van der Waals surface area contributed by atoms with E-state index < -0.39 is 0 Å². The molecule has 11 rings (SSSR count). The van der Waals surface area contributed by atoms with Crippen LogP contribution in [0.2, 0.25) is 0 Å². The molecule has 1 nitrogen and oxygen atoms in total. The van der Waals surface area contributed by atoms with E-state index in [4.69, 9.17) is 0 Å². The molecule has 8 aromatic rings. The quantitative estimate of drug-likeness (QED) is 0.182. The molecule has 50 heavy (non-hydrogen) atoms. The van der Waals surface area contributed by atoms with Gasteiger partial charge < -0.3 is 4.90 Å². The minimum atomic E-state index is -0.268. The molecule has 3 aliphatic carbocycles. The second-order valence-electron chi connectivity index (χ2n) is 13.6. The zero-order chi connectivity index (χ0) is 32.8. The van der Waals surface area contributed by atoms with Crippen LogP contribution < -0.4 is 4.90 Å².